The molecule has 4 saturated heterocycles. The van der Waals surface area contributed by atoms with Gasteiger partial charge in [0, 0.05) is 51.4 Å². The molecule has 2 unspecified atom stereocenters. The number of piperazine rings is 1. The van der Waals surface area contributed by atoms with Crippen molar-refractivity contribution < 1.29 is 32.2 Å². The first-order chi connectivity index (χ1) is 20.6. The molecule has 5 fully saturated rings. The summed E-state index contributed by atoms with van der Waals surface area (Å²) < 4.78 is 50.9. The van der Waals surface area contributed by atoms with Gasteiger partial charge in [0.05, 0.1) is 34.5 Å². The van der Waals surface area contributed by atoms with Gasteiger partial charge in [0.1, 0.15) is 11.9 Å². The molecule has 2 amide bonds. The highest BCUT2D eigenvalue weighted by Gasteiger charge is 2.58. The smallest absolute Gasteiger partial charge is 0.404 e. The molecule has 1 N–H and O–H groups in total. The minimum absolute atomic E-state index is 0.0764. The van der Waals surface area contributed by atoms with Crippen LogP contribution in [0.1, 0.15) is 19.3 Å². The zero-order valence-electron chi connectivity index (χ0n) is 23.0. The van der Waals surface area contributed by atoms with Crippen molar-refractivity contribution in [2.24, 2.45) is 0 Å². The predicted molar refractivity (Wildman–Crippen MR) is 149 cm³/mol. The average molecular weight is 599 g/mol. The van der Waals surface area contributed by atoms with Gasteiger partial charge in [-0.1, -0.05) is 0 Å². The van der Waals surface area contributed by atoms with Crippen LogP contribution in [0.3, 0.4) is 0 Å². The highest BCUT2D eigenvalue weighted by Crippen LogP contribution is 2.47. The zero-order valence-corrected chi connectivity index (χ0v) is 23.0. The number of nitrogens with one attached hydrogen (secondary N) is 1. The molecule has 1 aromatic heterocycles. The van der Waals surface area contributed by atoms with Crippen LogP contribution in [-0.4, -0.2) is 95.0 Å². The van der Waals surface area contributed by atoms with Crippen molar-refractivity contribution in [3.8, 4) is 11.4 Å². The summed E-state index contributed by atoms with van der Waals surface area (Å²) in [6.07, 6.45) is -0.549. The van der Waals surface area contributed by atoms with E-state index >= 15 is 0 Å². The van der Waals surface area contributed by atoms with Gasteiger partial charge in [-0.2, -0.15) is 0 Å². The van der Waals surface area contributed by atoms with E-state index in [-0.39, 0.29) is 23.6 Å². The summed E-state index contributed by atoms with van der Waals surface area (Å²) in [5.41, 5.74) is 0.132. The molecule has 0 radical (unpaired) electrons. The van der Waals surface area contributed by atoms with E-state index in [2.05, 4.69) is 24.8 Å². The summed E-state index contributed by atoms with van der Waals surface area (Å²) in [6, 6.07) is 8.96. The first-order valence-electron chi connectivity index (χ1n) is 14.2. The summed E-state index contributed by atoms with van der Waals surface area (Å²) in [5, 5.41) is 2.99. The van der Waals surface area contributed by atoms with Gasteiger partial charge in [0.15, 0.2) is 5.75 Å². The number of carbonyl (C=O) groups is 2. The second kappa shape index (κ2) is 10.2. The van der Waals surface area contributed by atoms with E-state index in [1.54, 1.807) is 17.0 Å². The molecule has 5 heterocycles. The van der Waals surface area contributed by atoms with Crippen molar-refractivity contribution in [3.63, 3.8) is 0 Å². The lowest BCUT2D eigenvalue weighted by atomic mass is 9.96. The molecule has 11 nitrogen and oxygen atoms in total. The van der Waals surface area contributed by atoms with Gasteiger partial charge in [-0.15, -0.1) is 13.2 Å². The van der Waals surface area contributed by atoms with Gasteiger partial charge in [0.2, 0.25) is 12.3 Å². The summed E-state index contributed by atoms with van der Waals surface area (Å²) >= 11 is 0. The van der Waals surface area contributed by atoms with Gasteiger partial charge < -0.3 is 24.6 Å². The summed E-state index contributed by atoms with van der Waals surface area (Å²) in [6.45, 7) is 3.69. The molecule has 1 aliphatic carbocycles. The van der Waals surface area contributed by atoms with Crippen molar-refractivity contribution >= 4 is 34.6 Å². The van der Waals surface area contributed by atoms with E-state index in [4.69, 9.17) is 4.74 Å². The van der Waals surface area contributed by atoms with Crippen LogP contribution < -0.4 is 20.5 Å². The average Bonchev–Trinajstić information content (AvgIpc) is 3.80. The monoisotopic (exact) mass is 598 g/mol. The first kappa shape index (κ1) is 27.7. The molecule has 0 spiro atoms. The first-order valence-corrected chi connectivity index (χ1v) is 14.2. The number of morpholine rings is 1. The third kappa shape index (κ3) is 5.18. The number of ether oxygens (including phenoxy) is 2. The standard InChI is InChI=1S/C29H29F3N6O5/c30-29(31,32)43-25-4-2-19(12-24(25)34-27(41)28(5-6-28)37-14-20-13-21(15-37)42-20)38-16-33-23-11-18(1-3-22(23)26(38)40)36-9-7-35(17-39)8-10-36/h1-4,11-12,16-17,20-21H,5-10,13-15H2,(H,34,41). The number of hydrogen-bond acceptors (Lipinski definition) is 8. The highest BCUT2D eigenvalue weighted by molar-refractivity contribution is 6.01. The van der Waals surface area contributed by atoms with E-state index in [0.717, 1.165) is 24.6 Å². The number of piperidine rings is 1. The number of amides is 2. The molecular weight excluding hydrogens is 569 g/mol. The molecule has 5 aliphatic rings. The van der Waals surface area contributed by atoms with E-state index in [1.165, 1.54) is 23.0 Å². The fourth-order valence-corrected chi connectivity index (χ4v) is 6.30. The number of aromatic nitrogens is 2. The predicted octanol–water partition coefficient (Wildman–Crippen LogP) is 2.51. The normalized spacial score (nSPS) is 23.0. The molecule has 14 heteroatoms. The van der Waals surface area contributed by atoms with Crippen molar-refractivity contribution in [1.29, 1.82) is 0 Å². The SMILES string of the molecule is O=CN1CCN(c2ccc3c(=O)n(-c4ccc(OC(F)(F)F)c(NC(=O)C5(N6CC7CC(C6)O7)CC5)c4)cnc3c2)CC1. The maximum Gasteiger partial charge on any atom is 0.573 e. The van der Waals surface area contributed by atoms with E-state index in [9.17, 15) is 27.6 Å². The van der Waals surface area contributed by atoms with E-state index in [0.29, 0.717) is 63.0 Å². The number of nitrogens with zero attached hydrogens (tertiary/aromatic N) is 5. The number of carbonyl (C=O) groups excluding carboxylic acids is 2. The largest absolute Gasteiger partial charge is 0.573 e. The summed E-state index contributed by atoms with van der Waals surface area (Å²) in [7, 11) is 0. The number of halogens is 3. The van der Waals surface area contributed by atoms with Gasteiger partial charge in [-0.3, -0.25) is 23.9 Å². The van der Waals surface area contributed by atoms with Crippen molar-refractivity contribution in [3.05, 3.63) is 53.1 Å². The van der Waals surface area contributed by atoms with Crippen molar-refractivity contribution in [1.82, 2.24) is 19.4 Å². The third-order valence-corrected chi connectivity index (χ3v) is 8.80. The Morgan fingerprint density at radius 1 is 1.05 bits per heavy atom. The van der Waals surface area contributed by atoms with Crippen molar-refractivity contribution in [2.75, 3.05) is 49.5 Å². The number of alkyl halides is 3. The van der Waals surface area contributed by atoms with Gasteiger partial charge >= 0.3 is 6.36 Å². The Bertz CT molecular complexity index is 1630. The van der Waals surface area contributed by atoms with Gasteiger partial charge in [0.25, 0.3) is 5.56 Å². The topological polar surface area (TPSA) is 109 Å². The van der Waals surface area contributed by atoms with Gasteiger partial charge in [-0.05, 0) is 49.2 Å². The van der Waals surface area contributed by atoms with Crippen LogP contribution in [0.5, 0.6) is 5.75 Å². The van der Waals surface area contributed by atoms with Crippen LogP contribution in [0.15, 0.2) is 47.5 Å². The summed E-state index contributed by atoms with van der Waals surface area (Å²) in [4.78, 5) is 48.3. The molecule has 2 aromatic carbocycles. The number of fused-ring (bicyclic) bond motifs is 3. The van der Waals surface area contributed by atoms with Gasteiger partial charge in [-0.25, -0.2) is 4.98 Å². The lowest BCUT2D eigenvalue weighted by Gasteiger charge is -2.49. The molecule has 3 aromatic rings. The molecular formula is C29H29F3N6O5. The molecule has 43 heavy (non-hydrogen) atoms. The maximum absolute atomic E-state index is 13.5. The highest BCUT2D eigenvalue weighted by atomic mass is 19.4. The van der Waals surface area contributed by atoms with Crippen molar-refractivity contribution in [2.45, 2.75) is 43.4 Å². The Balaban J connectivity index is 1.17. The molecule has 2 atom stereocenters. The quantitative estimate of drug-likeness (QED) is 0.414. The Morgan fingerprint density at radius 3 is 2.40 bits per heavy atom. The molecule has 8 rings (SSSR count). The number of benzene rings is 2. The third-order valence-electron chi connectivity index (χ3n) is 8.80. The zero-order chi connectivity index (χ0) is 29.9. The van der Waals surface area contributed by atoms with E-state index in [1.807, 2.05) is 6.07 Å². The number of rotatable bonds is 7. The maximum atomic E-state index is 13.5. The summed E-state index contributed by atoms with van der Waals surface area (Å²) in [5.74, 6) is -0.991. The van der Waals surface area contributed by atoms with Crippen LogP contribution in [0.25, 0.3) is 16.6 Å². The van der Waals surface area contributed by atoms with Crippen LogP contribution in [0.2, 0.25) is 0 Å². The lowest BCUT2D eigenvalue weighted by Crippen LogP contribution is -2.62. The second-order valence-corrected chi connectivity index (χ2v) is 11.5. The fraction of sp³-hybridized carbons (Fsp3) is 0.448. The van der Waals surface area contributed by atoms with Crippen LogP contribution in [0.4, 0.5) is 24.5 Å². The van der Waals surface area contributed by atoms with Crippen LogP contribution in [0, 0.1) is 0 Å². The second-order valence-electron chi connectivity index (χ2n) is 11.5. The molecule has 1 saturated carbocycles. The lowest BCUT2D eigenvalue weighted by molar-refractivity contribution is -0.274. The van der Waals surface area contributed by atoms with E-state index < -0.39 is 29.1 Å². The Labute approximate surface area is 243 Å². The minimum Gasteiger partial charge on any atom is -0.404 e. The number of anilines is 2. The Morgan fingerprint density at radius 2 is 1.74 bits per heavy atom. The molecule has 4 aliphatic heterocycles. The Hall–Kier alpha value is -4.17. The Kier molecular flexibility index (Phi) is 6.58. The minimum atomic E-state index is -4.98. The fourth-order valence-electron chi connectivity index (χ4n) is 6.30. The molecule has 226 valence electrons. The molecule has 2 bridgehead atoms. The van der Waals surface area contributed by atoms with Crippen LogP contribution in [-0.2, 0) is 14.3 Å². The number of hydrogen-bond donors (Lipinski definition) is 1. The van der Waals surface area contributed by atoms with Crippen LogP contribution >= 0.6 is 0 Å².